The highest BCUT2D eigenvalue weighted by atomic mass is 16.4. The number of fused-ring (bicyclic) bond motifs is 1. The van der Waals surface area contributed by atoms with E-state index in [0.29, 0.717) is 10.5 Å². The second kappa shape index (κ2) is 6.32. The molecule has 8 heteroatoms. The van der Waals surface area contributed by atoms with Gasteiger partial charge in [-0.15, -0.1) is 0 Å². The lowest BCUT2D eigenvalue weighted by molar-refractivity contribution is -0.310. The molecule has 2 amide bonds. The molecular formula is C18H11NO7-2. The number of carboxylic acid groups (broad SMARTS) is 2. The number of carbonyl (C=O) groups is 4. The number of phenols is 1. The number of aliphatic carboxylic acids is 1. The normalized spacial score (nSPS) is 14.2. The smallest absolute Gasteiger partial charge is 0.262 e. The van der Waals surface area contributed by atoms with Gasteiger partial charge in [0.25, 0.3) is 11.8 Å². The third kappa shape index (κ3) is 2.88. The number of nitrogens with zero attached hydrogens (tertiary/aromatic N) is 1. The molecule has 1 aliphatic rings. The van der Waals surface area contributed by atoms with Gasteiger partial charge in [0.05, 0.1) is 29.1 Å². The summed E-state index contributed by atoms with van der Waals surface area (Å²) in [7, 11) is 0. The molecule has 132 valence electrons. The molecule has 1 atom stereocenters. The Hall–Kier alpha value is -3.68. The lowest BCUT2D eigenvalue weighted by Crippen LogP contribution is -2.51. The van der Waals surface area contributed by atoms with Crippen LogP contribution in [0.1, 0.15) is 36.6 Å². The molecule has 2 aromatic carbocycles. The highest BCUT2D eigenvalue weighted by molar-refractivity contribution is 6.23. The minimum absolute atomic E-state index is 0.0192. The van der Waals surface area contributed by atoms with Crippen molar-refractivity contribution in [2.45, 2.75) is 12.5 Å². The van der Waals surface area contributed by atoms with Crippen molar-refractivity contribution >= 4 is 23.8 Å². The average molecular weight is 353 g/mol. The van der Waals surface area contributed by atoms with Crippen molar-refractivity contribution in [2.24, 2.45) is 0 Å². The van der Waals surface area contributed by atoms with Crippen LogP contribution in [0.15, 0.2) is 42.5 Å². The minimum Gasteiger partial charge on any atom is -0.548 e. The van der Waals surface area contributed by atoms with Gasteiger partial charge in [0.15, 0.2) is 0 Å². The van der Waals surface area contributed by atoms with Crippen LogP contribution < -0.4 is 10.2 Å². The predicted octanol–water partition coefficient (Wildman–Crippen LogP) is -1.29. The summed E-state index contributed by atoms with van der Waals surface area (Å²) in [6.07, 6.45) is -0.221. The molecule has 1 N–H and O–H groups in total. The van der Waals surface area contributed by atoms with Crippen molar-refractivity contribution < 1.29 is 34.5 Å². The van der Waals surface area contributed by atoms with Gasteiger partial charge in [0.1, 0.15) is 5.75 Å². The van der Waals surface area contributed by atoms with E-state index < -0.39 is 29.8 Å². The average Bonchev–Trinajstić information content (AvgIpc) is 2.85. The molecule has 0 fully saturated rings. The minimum atomic E-state index is -1.63. The zero-order valence-electron chi connectivity index (χ0n) is 13.2. The molecule has 0 saturated carbocycles. The van der Waals surface area contributed by atoms with E-state index in [4.69, 9.17) is 0 Å². The van der Waals surface area contributed by atoms with Crippen LogP contribution in [0.3, 0.4) is 0 Å². The Bertz CT molecular complexity index is 933. The fraction of sp³-hybridized carbons (Fsp3) is 0.111. The number of imide groups is 1. The maximum Gasteiger partial charge on any atom is 0.262 e. The molecule has 8 nitrogen and oxygen atoms in total. The summed E-state index contributed by atoms with van der Waals surface area (Å²) in [5, 5.41) is 31.8. The van der Waals surface area contributed by atoms with E-state index in [1.54, 1.807) is 0 Å². The topological polar surface area (TPSA) is 138 Å². The Kier molecular flexibility index (Phi) is 4.17. The van der Waals surface area contributed by atoms with Crippen LogP contribution in [-0.4, -0.2) is 39.8 Å². The first-order valence-corrected chi connectivity index (χ1v) is 7.51. The Morgan fingerprint density at radius 3 is 2.15 bits per heavy atom. The fourth-order valence-corrected chi connectivity index (χ4v) is 2.80. The second-order valence-electron chi connectivity index (χ2n) is 5.73. The summed E-state index contributed by atoms with van der Waals surface area (Å²) in [6.45, 7) is 0. The summed E-state index contributed by atoms with van der Waals surface area (Å²) in [5.74, 6) is -4.93. The number of benzene rings is 2. The van der Waals surface area contributed by atoms with E-state index in [1.165, 1.54) is 24.3 Å². The molecule has 0 aromatic heterocycles. The first kappa shape index (κ1) is 17.2. The van der Waals surface area contributed by atoms with E-state index in [-0.39, 0.29) is 28.9 Å². The summed E-state index contributed by atoms with van der Waals surface area (Å²) in [5.41, 5.74) is -0.120. The zero-order valence-corrected chi connectivity index (χ0v) is 13.2. The molecule has 1 heterocycles. The molecule has 1 aliphatic heterocycles. The molecule has 0 saturated heterocycles. The quantitative estimate of drug-likeness (QED) is 0.660. The van der Waals surface area contributed by atoms with Gasteiger partial charge in [-0.3, -0.25) is 14.5 Å². The first-order chi connectivity index (χ1) is 12.3. The highest BCUT2D eigenvalue weighted by Gasteiger charge is 2.40. The monoisotopic (exact) mass is 353 g/mol. The van der Waals surface area contributed by atoms with Gasteiger partial charge in [-0.1, -0.05) is 18.2 Å². The van der Waals surface area contributed by atoms with E-state index in [2.05, 4.69) is 0 Å². The van der Waals surface area contributed by atoms with Crippen LogP contribution >= 0.6 is 0 Å². The van der Waals surface area contributed by atoms with Crippen LogP contribution in [0, 0.1) is 0 Å². The second-order valence-corrected chi connectivity index (χ2v) is 5.73. The van der Waals surface area contributed by atoms with Crippen LogP contribution in [-0.2, 0) is 11.2 Å². The molecule has 0 bridgehead atoms. The molecule has 3 rings (SSSR count). The van der Waals surface area contributed by atoms with Gasteiger partial charge >= 0.3 is 0 Å². The fourth-order valence-electron chi connectivity index (χ4n) is 2.80. The van der Waals surface area contributed by atoms with Crippen LogP contribution in [0.2, 0.25) is 0 Å². The molecule has 2 aromatic rings. The predicted molar refractivity (Wildman–Crippen MR) is 81.9 cm³/mol. The van der Waals surface area contributed by atoms with Crippen molar-refractivity contribution in [3.8, 4) is 5.75 Å². The van der Waals surface area contributed by atoms with Crippen molar-refractivity contribution in [1.82, 2.24) is 4.90 Å². The number of rotatable bonds is 5. The Labute approximate surface area is 146 Å². The molecule has 26 heavy (non-hydrogen) atoms. The summed E-state index contributed by atoms with van der Waals surface area (Å²) >= 11 is 0. The molecule has 0 radical (unpaired) electrons. The van der Waals surface area contributed by atoms with Crippen molar-refractivity contribution in [3.63, 3.8) is 0 Å². The first-order valence-electron chi connectivity index (χ1n) is 7.51. The third-order valence-corrected chi connectivity index (χ3v) is 4.10. The lowest BCUT2D eigenvalue weighted by Gasteiger charge is -2.27. The van der Waals surface area contributed by atoms with E-state index in [9.17, 15) is 34.5 Å². The van der Waals surface area contributed by atoms with Crippen LogP contribution in [0.25, 0.3) is 0 Å². The molecule has 0 spiro atoms. The van der Waals surface area contributed by atoms with Gasteiger partial charge in [0.2, 0.25) is 0 Å². The van der Waals surface area contributed by atoms with Gasteiger partial charge in [-0.05, 0) is 41.8 Å². The Morgan fingerprint density at radius 2 is 1.58 bits per heavy atom. The molecule has 0 unspecified atom stereocenters. The number of aromatic hydroxyl groups is 1. The number of aromatic carboxylic acids is 1. The van der Waals surface area contributed by atoms with Crippen LogP contribution in [0.5, 0.6) is 5.75 Å². The number of amides is 2. The molecular weight excluding hydrogens is 342 g/mol. The van der Waals surface area contributed by atoms with Crippen LogP contribution in [0.4, 0.5) is 0 Å². The summed E-state index contributed by atoms with van der Waals surface area (Å²) in [4.78, 5) is 48.1. The summed E-state index contributed by atoms with van der Waals surface area (Å²) < 4.78 is 0. The van der Waals surface area contributed by atoms with Gasteiger partial charge in [-0.25, -0.2) is 0 Å². The van der Waals surface area contributed by atoms with Gasteiger partial charge < -0.3 is 24.9 Å². The van der Waals surface area contributed by atoms with Crippen molar-refractivity contribution in [2.75, 3.05) is 0 Å². The number of phenolic OH excluding ortho intramolecular Hbond substituents is 1. The zero-order chi connectivity index (χ0) is 19.0. The maximum absolute atomic E-state index is 12.5. The van der Waals surface area contributed by atoms with E-state index >= 15 is 0 Å². The largest absolute Gasteiger partial charge is 0.548 e. The summed E-state index contributed by atoms with van der Waals surface area (Å²) in [6, 6.07) is 7.25. The van der Waals surface area contributed by atoms with Gasteiger partial charge in [0, 0.05) is 0 Å². The van der Waals surface area contributed by atoms with E-state index in [0.717, 1.165) is 18.2 Å². The van der Waals surface area contributed by atoms with E-state index in [1.807, 2.05) is 0 Å². The molecule has 0 aliphatic carbocycles. The maximum atomic E-state index is 12.5. The standard InChI is InChI=1S/C18H13NO7/c20-11-4-1-9(2-5-11)7-14(18(25)26)19-15(21)12-6-3-10(17(23)24)8-13(12)16(19)22/h1-6,8,14,20H,7H2,(H,23,24)(H,25,26)/p-2/t14-/m1/s1. The Balaban J connectivity index is 1.96. The number of carboxylic acids is 2. The number of carbonyl (C=O) groups excluding carboxylic acids is 4. The van der Waals surface area contributed by atoms with Crippen molar-refractivity contribution in [3.05, 3.63) is 64.7 Å². The highest BCUT2D eigenvalue weighted by Crippen LogP contribution is 2.27. The van der Waals surface area contributed by atoms with Gasteiger partial charge in [-0.2, -0.15) is 0 Å². The van der Waals surface area contributed by atoms with Crippen molar-refractivity contribution in [1.29, 1.82) is 0 Å². The Morgan fingerprint density at radius 1 is 0.962 bits per heavy atom. The third-order valence-electron chi connectivity index (χ3n) is 4.10. The SMILES string of the molecule is O=C([O-])c1ccc2c(c1)C(=O)N([C@H](Cc1ccc(O)cc1)C(=O)[O-])C2=O. The lowest BCUT2D eigenvalue weighted by atomic mass is 10.0. The number of hydrogen-bond donors (Lipinski definition) is 1. The number of hydrogen-bond acceptors (Lipinski definition) is 7.